The van der Waals surface area contributed by atoms with Gasteiger partial charge in [-0.05, 0) is 48.1 Å². The van der Waals surface area contributed by atoms with E-state index in [0.717, 1.165) is 17.5 Å². The number of hydrogen-bond acceptors (Lipinski definition) is 5. The second-order valence-electron chi connectivity index (χ2n) is 6.69. The maximum absolute atomic E-state index is 12.8. The molecule has 148 valence electrons. The minimum atomic E-state index is -3.21. The average Bonchev–Trinajstić information content (AvgIpc) is 3.36. The summed E-state index contributed by atoms with van der Waals surface area (Å²) in [5.41, 5.74) is 1.92. The van der Waals surface area contributed by atoms with Crippen LogP contribution in [0, 0.1) is 0 Å². The molecular formula is C21H23NO4S2. The Balaban J connectivity index is 1.61. The van der Waals surface area contributed by atoms with Crippen LogP contribution in [0.2, 0.25) is 0 Å². The van der Waals surface area contributed by atoms with Crippen LogP contribution in [-0.2, 0) is 34.0 Å². The maximum atomic E-state index is 12.8. The zero-order valence-corrected chi connectivity index (χ0v) is 17.3. The molecule has 28 heavy (non-hydrogen) atoms. The van der Waals surface area contributed by atoms with Gasteiger partial charge in [0.15, 0.2) is 9.84 Å². The van der Waals surface area contributed by atoms with E-state index in [9.17, 15) is 13.2 Å². The third kappa shape index (κ3) is 5.81. The second kappa shape index (κ2) is 9.21. The summed E-state index contributed by atoms with van der Waals surface area (Å²) in [6.45, 7) is 1.17. The van der Waals surface area contributed by atoms with E-state index in [1.807, 2.05) is 22.4 Å². The molecule has 0 fully saturated rings. The molecule has 0 N–H and O–H groups in total. The van der Waals surface area contributed by atoms with Crippen molar-refractivity contribution in [2.75, 3.05) is 12.8 Å². The van der Waals surface area contributed by atoms with Gasteiger partial charge in [-0.25, -0.2) is 8.42 Å². The number of nitrogens with zero attached hydrogens (tertiary/aromatic N) is 1. The fraction of sp³-hybridized carbons (Fsp3) is 0.286. The van der Waals surface area contributed by atoms with E-state index in [1.165, 1.54) is 11.1 Å². The molecule has 3 aromatic rings. The number of thiophene rings is 1. The van der Waals surface area contributed by atoms with E-state index in [-0.39, 0.29) is 5.91 Å². The third-order valence-corrected chi connectivity index (χ3v) is 6.56. The van der Waals surface area contributed by atoms with Crippen LogP contribution in [0.3, 0.4) is 0 Å². The molecule has 5 nitrogen and oxygen atoms in total. The largest absolute Gasteiger partial charge is 0.472 e. The molecule has 0 saturated heterocycles. The van der Waals surface area contributed by atoms with Crippen molar-refractivity contribution in [3.8, 4) is 0 Å². The van der Waals surface area contributed by atoms with E-state index < -0.39 is 9.84 Å². The lowest BCUT2D eigenvalue weighted by Crippen LogP contribution is -2.32. The summed E-state index contributed by atoms with van der Waals surface area (Å²) in [6.07, 6.45) is 6.23. The van der Waals surface area contributed by atoms with Gasteiger partial charge in [0.1, 0.15) is 0 Å². The van der Waals surface area contributed by atoms with Crippen molar-refractivity contribution in [2.24, 2.45) is 0 Å². The third-order valence-electron chi connectivity index (χ3n) is 4.49. The van der Waals surface area contributed by atoms with Gasteiger partial charge in [-0.1, -0.05) is 18.2 Å². The van der Waals surface area contributed by atoms with Gasteiger partial charge in [0.2, 0.25) is 5.91 Å². The Labute approximate surface area is 169 Å². The number of aryl methyl sites for hydroxylation is 1. The highest BCUT2D eigenvalue weighted by Crippen LogP contribution is 2.15. The summed E-state index contributed by atoms with van der Waals surface area (Å²) < 4.78 is 28.2. The van der Waals surface area contributed by atoms with Crippen molar-refractivity contribution < 1.29 is 17.6 Å². The van der Waals surface area contributed by atoms with Crippen LogP contribution in [-0.4, -0.2) is 32.0 Å². The summed E-state index contributed by atoms with van der Waals surface area (Å²) in [6, 6.07) is 12.7. The molecule has 0 radical (unpaired) electrons. The Morgan fingerprint density at radius 3 is 2.46 bits per heavy atom. The predicted molar refractivity (Wildman–Crippen MR) is 110 cm³/mol. The van der Waals surface area contributed by atoms with Crippen LogP contribution in [0.15, 0.2) is 69.7 Å². The Bertz CT molecular complexity index is 976. The highest BCUT2D eigenvalue weighted by Gasteiger charge is 2.15. The minimum Gasteiger partial charge on any atom is -0.472 e. The molecule has 2 heterocycles. The van der Waals surface area contributed by atoms with Gasteiger partial charge in [0, 0.05) is 36.2 Å². The van der Waals surface area contributed by atoms with Crippen molar-refractivity contribution in [3.63, 3.8) is 0 Å². The molecule has 0 spiro atoms. The normalized spacial score (nSPS) is 11.5. The van der Waals surface area contributed by atoms with Gasteiger partial charge in [0.25, 0.3) is 0 Å². The van der Waals surface area contributed by atoms with Gasteiger partial charge in [-0.2, -0.15) is 0 Å². The summed E-state index contributed by atoms with van der Waals surface area (Å²) in [4.78, 5) is 16.2. The SMILES string of the molecule is CS(=O)(=O)c1ccc(CCC(=O)N(CCc2cccs2)Cc2ccoc2)cc1. The molecule has 7 heteroatoms. The van der Waals surface area contributed by atoms with Crippen molar-refractivity contribution >= 4 is 27.1 Å². The highest BCUT2D eigenvalue weighted by molar-refractivity contribution is 7.90. The summed E-state index contributed by atoms with van der Waals surface area (Å²) in [7, 11) is -3.21. The molecule has 0 aliphatic heterocycles. The number of sulfone groups is 1. The number of amides is 1. The van der Waals surface area contributed by atoms with E-state index in [0.29, 0.717) is 30.8 Å². The first-order valence-electron chi connectivity index (χ1n) is 9.02. The zero-order chi connectivity index (χ0) is 20.0. The number of rotatable bonds is 9. The molecule has 3 rings (SSSR count). The van der Waals surface area contributed by atoms with Crippen molar-refractivity contribution in [1.82, 2.24) is 4.90 Å². The van der Waals surface area contributed by atoms with Gasteiger partial charge >= 0.3 is 0 Å². The lowest BCUT2D eigenvalue weighted by Gasteiger charge is -2.22. The lowest BCUT2D eigenvalue weighted by molar-refractivity contribution is -0.131. The van der Waals surface area contributed by atoms with Crippen LogP contribution in [0.5, 0.6) is 0 Å². The smallest absolute Gasteiger partial charge is 0.223 e. The molecule has 0 bridgehead atoms. The summed E-state index contributed by atoms with van der Waals surface area (Å²) >= 11 is 1.69. The molecule has 0 aliphatic rings. The number of benzene rings is 1. The minimum absolute atomic E-state index is 0.0740. The molecule has 1 aromatic carbocycles. The Kier molecular flexibility index (Phi) is 6.70. The molecule has 0 aliphatic carbocycles. The molecule has 0 saturated carbocycles. The Morgan fingerprint density at radius 2 is 1.86 bits per heavy atom. The molecule has 0 atom stereocenters. The van der Waals surface area contributed by atoms with Gasteiger partial charge in [-0.3, -0.25) is 4.79 Å². The Hall–Kier alpha value is -2.38. The number of carbonyl (C=O) groups is 1. The van der Waals surface area contributed by atoms with Gasteiger partial charge in [-0.15, -0.1) is 11.3 Å². The van der Waals surface area contributed by atoms with E-state index in [2.05, 4.69) is 6.07 Å². The van der Waals surface area contributed by atoms with E-state index in [1.54, 1.807) is 48.1 Å². The van der Waals surface area contributed by atoms with E-state index >= 15 is 0 Å². The first-order valence-corrected chi connectivity index (χ1v) is 11.8. The number of hydrogen-bond donors (Lipinski definition) is 0. The topological polar surface area (TPSA) is 67.6 Å². The van der Waals surface area contributed by atoms with Crippen LogP contribution in [0.25, 0.3) is 0 Å². The van der Waals surface area contributed by atoms with Crippen molar-refractivity contribution in [2.45, 2.75) is 30.7 Å². The first kappa shape index (κ1) is 20.4. The first-order chi connectivity index (χ1) is 13.4. The average molecular weight is 418 g/mol. The van der Waals surface area contributed by atoms with E-state index in [4.69, 9.17) is 4.42 Å². The summed E-state index contributed by atoms with van der Waals surface area (Å²) in [5.74, 6) is 0.0740. The standard InChI is InChI=1S/C21H23NO4S2/c1-28(24,25)20-7-4-17(5-8-20)6-9-21(23)22(15-18-11-13-26-16-18)12-10-19-3-2-14-27-19/h2-5,7-8,11,13-14,16H,6,9-10,12,15H2,1H3. The number of carbonyl (C=O) groups excluding carboxylic acids is 1. The quantitative estimate of drug-likeness (QED) is 0.529. The van der Waals surface area contributed by atoms with Crippen LogP contribution in [0.4, 0.5) is 0 Å². The van der Waals surface area contributed by atoms with Crippen LogP contribution < -0.4 is 0 Å². The van der Waals surface area contributed by atoms with Crippen LogP contribution in [0.1, 0.15) is 22.4 Å². The number of furan rings is 1. The lowest BCUT2D eigenvalue weighted by atomic mass is 10.1. The van der Waals surface area contributed by atoms with Crippen LogP contribution >= 0.6 is 11.3 Å². The fourth-order valence-electron chi connectivity index (χ4n) is 2.91. The monoisotopic (exact) mass is 417 g/mol. The molecular weight excluding hydrogens is 394 g/mol. The fourth-order valence-corrected chi connectivity index (χ4v) is 4.24. The van der Waals surface area contributed by atoms with Gasteiger partial charge in [0.05, 0.1) is 17.4 Å². The second-order valence-corrected chi connectivity index (χ2v) is 9.74. The predicted octanol–water partition coefficient (Wildman–Crippen LogP) is 3.95. The zero-order valence-electron chi connectivity index (χ0n) is 15.7. The highest BCUT2D eigenvalue weighted by atomic mass is 32.2. The molecule has 0 unspecified atom stereocenters. The van der Waals surface area contributed by atoms with Crippen molar-refractivity contribution in [3.05, 3.63) is 76.4 Å². The molecule has 1 amide bonds. The maximum Gasteiger partial charge on any atom is 0.223 e. The van der Waals surface area contributed by atoms with Gasteiger partial charge < -0.3 is 9.32 Å². The van der Waals surface area contributed by atoms with Crippen molar-refractivity contribution in [1.29, 1.82) is 0 Å². The Morgan fingerprint density at radius 1 is 1.07 bits per heavy atom. The summed E-state index contributed by atoms with van der Waals surface area (Å²) in [5, 5.41) is 2.04. The molecule has 2 aromatic heterocycles.